The van der Waals surface area contributed by atoms with Crippen molar-refractivity contribution in [3.8, 4) is 22.7 Å². The van der Waals surface area contributed by atoms with Gasteiger partial charge >= 0.3 is 27.4 Å². The van der Waals surface area contributed by atoms with Gasteiger partial charge in [-0.15, -0.1) is 0 Å². The molecule has 0 bridgehead atoms. The number of ether oxygens (including phenoxy) is 1. The quantitative estimate of drug-likeness (QED) is 0.116. The van der Waals surface area contributed by atoms with Crippen LogP contribution in [0.3, 0.4) is 0 Å². The number of para-hydroxylation sites is 1. The van der Waals surface area contributed by atoms with Crippen molar-refractivity contribution in [3.63, 3.8) is 0 Å². The molecule has 3 heterocycles. The summed E-state index contributed by atoms with van der Waals surface area (Å²) in [6.07, 6.45) is -0.507. The molecule has 1 saturated heterocycles. The van der Waals surface area contributed by atoms with E-state index in [0.717, 1.165) is 18.2 Å². The standard InChI is InChI=1S/C33H34ClF4N5O6S/c1-18(2)20-10-7-8-12-24(20)43-29-21(28(40-30(43)44)42-15-14-41(17-19(42)3)31(45)48-32(4,5)6)16-22(34)27(39-29)26-23(35)11-9-13-25(26)49-50(46,47)33(36,37)38/h7-13,16,18-19H,14-15,17H2,1-6H3. The number of alkyl halides is 3. The maximum absolute atomic E-state index is 15.5. The number of piperazine rings is 1. The van der Waals surface area contributed by atoms with E-state index in [4.69, 9.17) is 16.3 Å². The number of amides is 1. The van der Waals surface area contributed by atoms with E-state index in [2.05, 4.69) is 14.2 Å². The summed E-state index contributed by atoms with van der Waals surface area (Å²) < 4.78 is 90.4. The molecule has 2 aromatic heterocycles. The summed E-state index contributed by atoms with van der Waals surface area (Å²) in [7, 11) is -6.22. The normalized spacial score (nSPS) is 15.9. The maximum atomic E-state index is 15.5. The Hall–Kier alpha value is -4.44. The summed E-state index contributed by atoms with van der Waals surface area (Å²) in [5, 5.41) is -0.0847. The van der Waals surface area contributed by atoms with Gasteiger partial charge < -0.3 is 18.7 Å². The van der Waals surface area contributed by atoms with Crippen molar-refractivity contribution >= 4 is 44.7 Å². The van der Waals surface area contributed by atoms with Crippen LogP contribution < -0.4 is 14.8 Å². The number of anilines is 1. The van der Waals surface area contributed by atoms with E-state index in [1.165, 1.54) is 15.5 Å². The highest BCUT2D eigenvalue weighted by molar-refractivity contribution is 7.88. The number of pyridine rings is 1. The largest absolute Gasteiger partial charge is 0.534 e. The Morgan fingerprint density at radius 1 is 1.04 bits per heavy atom. The number of carbonyl (C=O) groups is 1. The monoisotopic (exact) mass is 739 g/mol. The Morgan fingerprint density at radius 2 is 1.72 bits per heavy atom. The van der Waals surface area contributed by atoms with Crippen LogP contribution in [0.5, 0.6) is 5.75 Å². The van der Waals surface area contributed by atoms with E-state index in [0.29, 0.717) is 11.3 Å². The minimum atomic E-state index is -6.22. The molecule has 0 spiro atoms. The number of halogens is 5. The van der Waals surface area contributed by atoms with Gasteiger partial charge in [0.05, 0.1) is 27.4 Å². The average molecular weight is 740 g/mol. The van der Waals surface area contributed by atoms with Crippen molar-refractivity contribution in [1.29, 1.82) is 0 Å². The first-order valence-electron chi connectivity index (χ1n) is 15.5. The lowest BCUT2D eigenvalue weighted by molar-refractivity contribution is -0.0500. The number of nitrogens with zero attached hydrogens (tertiary/aromatic N) is 5. The van der Waals surface area contributed by atoms with Crippen LogP contribution in [0.1, 0.15) is 53.0 Å². The number of fused-ring (bicyclic) bond motifs is 1. The summed E-state index contributed by atoms with van der Waals surface area (Å²) >= 11 is 6.68. The van der Waals surface area contributed by atoms with Gasteiger partial charge in [0, 0.05) is 25.7 Å². The molecule has 1 fully saturated rings. The molecule has 1 aliphatic heterocycles. The molecule has 0 aliphatic carbocycles. The molecule has 1 amide bonds. The lowest BCUT2D eigenvalue weighted by Crippen LogP contribution is -2.55. The predicted molar refractivity (Wildman–Crippen MR) is 180 cm³/mol. The van der Waals surface area contributed by atoms with Crippen molar-refractivity contribution < 1.29 is 39.7 Å². The topological polar surface area (TPSA) is 124 Å². The van der Waals surface area contributed by atoms with Gasteiger partial charge in [0.25, 0.3) is 0 Å². The third-order valence-corrected chi connectivity index (χ3v) is 9.10. The first-order chi connectivity index (χ1) is 23.2. The van der Waals surface area contributed by atoms with Crippen molar-refractivity contribution in [2.75, 3.05) is 24.5 Å². The van der Waals surface area contributed by atoms with Gasteiger partial charge in [0.2, 0.25) is 0 Å². The zero-order valence-electron chi connectivity index (χ0n) is 27.9. The third kappa shape index (κ3) is 7.22. The number of aromatic nitrogens is 3. The molecular formula is C33H34ClF4N5O6S. The molecule has 0 N–H and O–H groups in total. The van der Waals surface area contributed by atoms with Crippen LogP contribution in [-0.2, 0) is 14.9 Å². The van der Waals surface area contributed by atoms with Crippen LogP contribution >= 0.6 is 11.6 Å². The molecule has 5 rings (SSSR count). The number of benzene rings is 2. The molecule has 50 heavy (non-hydrogen) atoms. The minimum absolute atomic E-state index is 0.0952. The molecule has 2 aromatic carbocycles. The molecule has 1 aliphatic rings. The molecule has 17 heteroatoms. The first-order valence-corrected chi connectivity index (χ1v) is 17.3. The molecule has 4 aromatic rings. The zero-order valence-corrected chi connectivity index (χ0v) is 29.5. The second-order valence-electron chi connectivity index (χ2n) is 13.0. The summed E-state index contributed by atoms with van der Waals surface area (Å²) in [5.41, 5.74) is -7.58. The van der Waals surface area contributed by atoms with Crippen LogP contribution in [0.2, 0.25) is 5.02 Å². The van der Waals surface area contributed by atoms with Gasteiger partial charge in [-0.2, -0.15) is 26.6 Å². The van der Waals surface area contributed by atoms with Crippen molar-refractivity contribution in [3.05, 3.63) is 75.4 Å². The van der Waals surface area contributed by atoms with Gasteiger partial charge in [-0.25, -0.2) is 23.5 Å². The van der Waals surface area contributed by atoms with E-state index in [9.17, 15) is 31.2 Å². The predicted octanol–water partition coefficient (Wildman–Crippen LogP) is 7.04. The minimum Gasteiger partial charge on any atom is -0.444 e. The van der Waals surface area contributed by atoms with Gasteiger partial charge in [0.1, 0.15) is 17.2 Å². The Morgan fingerprint density at radius 3 is 2.34 bits per heavy atom. The fraction of sp³-hybridized carbons (Fsp3) is 0.394. The SMILES string of the molecule is CC(C)c1ccccc1-n1c(=O)nc(N2CCN(C(=O)OC(C)(C)C)CC2C)c2cc(Cl)c(-c3c(F)cccc3OS(=O)(=O)C(F)(F)F)nc21. The Kier molecular flexibility index (Phi) is 9.84. The number of rotatable bonds is 6. The summed E-state index contributed by atoms with van der Waals surface area (Å²) in [4.78, 5) is 39.2. The molecule has 0 radical (unpaired) electrons. The molecule has 1 atom stereocenters. The molecule has 1 unspecified atom stereocenters. The van der Waals surface area contributed by atoms with E-state index in [-0.39, 0.29) is 47.4 Å². The fourth-order valence-electron chi connectivity index (χ4n) is 5.63. The molecular weight excluding hydrogens is 706 g/mol. The van der Waals surface area contributed by atoms with Crippen LogP contribution in [0, 0.1) is 5.82 Å². The molecule has 0 saturated carbocycles. The van der Waals surface area contributed by atoms with Crippen LogP contribution in [0.15, 0.2) is 53.3 Å². The van der Waals surface area contributed by atoms with Crippen molar-refractivity contribution in [2.24, 2.45) is 0 Å². The van der Waals surface area contributed by atoms with Crippen molar-refractivity contribution in [2.45, 2.75) is 64.6 Å². The van der Waals surface area contributed by atoms with Crippen LogP contribution in [-0.4, -0.2) is 70.7 Å². The van der Waals surface area contributed by atoms with E-state index in [1.807, 2.05) is 20.8 Å². The fourth-order valence-corrected chi connectivity index (χ4v) is 6.35. The highest BCUT2D eigenvalue weighted by Crippen LogP contribution is 2.41. The Bertz CT molecular complexity index is 2140. The van der Waals surface area contributed by atoms with Gasteiger partial charge in [0.15, 0.2) is 11.4 Å². The Labute approximate surface area is 290 Å². The third-order valence-electron chi connectivity index (χ3n) is 7.85. The first kappa shape index (κ1) is 36.8. The number of hydrogen-bond acceptors (Lipinski definition) is 9. The van der Waals surface area contributed by atoms with E-state index in [1.54, 1.807) is 49.9 Å². The zero-order chi connectivity index (χ0) is 36.9. The lowest BCUT2D eigenvalue weighted by atomic mass is 10.0. The second kappa shape index (κ2) is 13.4. The van der Waals surface area contributed by atoms with E-state index < -0.39 is 61.9 Å². The second-order valence-corrected chi connectivity index (χ2v) is 15.0. The number of hydrogen-bond donors (Lipinski definition) is 0. The lowest BCUT2D eigenvalue weighted by Gasteiger charge is -2.41. The van der Waals surface area contributed by atoms with Crippen molar-refractivity contribution in [1.82, 2.24) is 19.4 Å². The molecule has 268 valence electrons. The maximum Gasteiger partial charge on any atom is 0.534 e. The Balaban J connectivity index is 1.75. The van der Waals surface area contributed by atoms with Crippen LogP contribution in [0.4, 0.5) is 28.2 Å². The highest BCUT2D eigenvalue weighted by Gasteiger charge is 2.49. The highest BCUT2D eigenvalue weighted by atomic mass is 35.5. The van der Waals surface area contributed by atoms with E-state index >= 15 is 4.39 Å². The van der Waals surface area contributed by atoms with Crippen LogP contribution in [0.25, 0.3) is 28.0 Å². The smallest absolute Gasteiger partial charge is 0.444 e. The molecule has 11 nitrogen and oxygen atoms in total. The van der Waals surface area contributed by atoms with Gasteiger partial charge in [-0.1, -0.05) is 49.7 Å². The van der Waals surface area contributed by atoms with Gasteiger partial charge in [-0.3, -0.25) is 0 Å². The van der Waals surface area contributed by atoms with Gasteiger partial charge in [-0.05, 0) is 63.4 Å². The summed E-state index contributed by atoms with van der Waals surface area (Å²) in [5.74, 6) is -2.16. The average Bonchev–Trinajstić information content (AvgIpc) is 2.99. The summed E-state index contributed by atoms with van der Waals surface area (Å²) in [6, 6.07) is 10.5. The number of carbonyl (C=O) groups excluding carboxylic acids is 1. The summed E-state index contributed by atoms with van der Waals surface area (Å²) in [6.45, 7) is 11.5.